The second-order valence-electron chi connectivity index (χ2n) is 6.91. The van der Waals surface area contributed by atoms with E-state index in [2.05, 4.69) is 15.6 Å². The van der Waals surface area contributed by atoms with E-state index in [0.29, 0.717) is 13.0 Å². The standard InChI is InChI=1S/C18H24FN3O2/c1-18(11-23)7-2-3-16(18)22-17(24)20-8-6-12-10-21-15-5-4-13(19)9-14(12)15/h4-5,9-10,16,21,23H,2-3,6-8,11H2,1H3,(H2,20,22,24). The monoisotopic (exact) mass is 333 g/mol. The molecule has 2 atom stereocenters. The molecule has 130 valence electrons. The van der Waals surface area contributed by atoms with Crippen LogP contribution in [0.25, 0.3) is 10.9 Å². The van der Waals surface area contributed by atoms with Gasteiger partial charge in [-0.15, -0.1) is 0 Å². The number of hydrogen-bond donors (Lipinski definition) is 4. The van der Waals surface area contributed by atoms with Crippen molar-refractivity contribution in [1.29, 1.82) is 0 Å². The number of aliphatic hydroxyl groups is 1. The fourth-order valence-corrected chi connectivity index (χ4v) is 3.55. The lowest BCUT2D eigenvalue weighted by atomic mass is 9.86. The van der Waals surface area contributed by atoms with Crippen molar-refractivity contribution in [2.45, 2.75) is 38.6 Å². The quantitative estimate of drug-likeness (QED) is 0.679. The van der Waals surface area contributed by atoms with Crippen molar-refractivity contribution in [2.24, 2.45) is 5.41 Å². The molecule has 4 N–H and O–H groups in total. The highest BCUT2D eigenvalue weighted by molar-refractivity contribution is 5.83. The minimum atomic E-state index is -0.265. The van der Waals surface area contributed by atoms with Crippen molar-refractivity contribution in [2.75, 3.05) is 13.2 Å². The van der Waals surface area contributed by atoms with Gasteiger partial charge in [0, 0.05) is 35.1 Å². The van der Waals surface area contributed by atoms with E-state index >= 15 is 0 Å². The highest BCUT2D eigenvalue weighted by Gasteiger charge is 2.39. The molecule has 2 amide bonds. The second-order valence-corrected chi connectivity index (χ2v) is 6.91. The van der Waals surface area contributed by atoms with E-state index in [4.69, 9.17) is 0 Å². The third-order valence-corrected chi connectivity index (χ3v) is 5.16. The highest BCUT2D eigenvalue weighted by atomic mass is 19.1. The largest absolute Gasteiger partial charge is 0.396 e. The minimum Gasteiger partial charge on any atom is -0.396 e. The average molecular weight is 333 g/mol. The number of nitrogens with one attached hydrogen (secondary N) is 3. The number of halogens is 1. The summed E-state index contributed by atoms with van der Waals surface area (Å²) >= 11 is 0. The van der Waals surface area contributed by atoms with Crippen LogP contribution < -0.4 is 10.6 Å². The number of urea groups is 1. The van der Waals surface area contributed by atoms with Gasteiger partial charge in [0.15, 0.2) is 0 Å². The zero-order valence-electron chi connectivity index (χ0n) is 13.9. The Morgan fingerprint density at radius 1 is 1.50 bits per heavy atom. The van der Waals surface area contributed by atoms with Crippen LogP contribution in [0.1, 0.15) is 31.7 Å². The van der Waals surface area contributed by atoms with Crippen LogP contribution in [0.3, 0.4) is 0 Å². The van der Waals surface area contributed by atoms with Crippen molar-refractivity contribution in [3.63, 3.8) is 0 Å². The molecule has 0 spiro atoms. The first kappa shape index (κ1) is 16.8. The van der Waals surface area contributed by atoms with Crippen LogP contribution in [0, 0.1) is 11.2 Å². The number of aromatic nitrogens is 1. The average Bonchev–Trinajstić information content (AvgIpc) is 3.12. The molecule has 1 fully saturated rings. The van der Waals surface area contributed by atoms with Gasteiger partial charge in [0.05, 0.1) is 6.61 Å². The topological polar surface area (TPSA) is 77.2 Å². The number of carbonyl (C=O) groups excluding carboxylic acids is 1. The van der Waals surface area contributed by atoms with Crippen LogP contribution in [0.4, 0.5) is 9.18 Å². The Morgan fingerprint density at radius 3 is 3.12 bits per heavy atom. The molecular weight excluding hydrogens is 309 g/mol. The first-order valence-electron chi connectivity index (χ1n) is 8.42. The molecule has 1 aliphatic carbocycles. The molecule has 5 nitrogen and oxygen atoms in total. The molecule has 0 saturated heterocycles. The number of rotatable bonds is 5. The van der Waals surface area contributed by atoms with Gasteiger partial charge in [-0.1, -0.05) is 13.3 Å². The molecule has 0 radical (unpaired) electrons. The molecule has 1 saturated carbocycles. The molecule has 2 aromatic rings. The van der Waals surface area contributed by atoms with Crippen molar-refractivity contribution >= 4 is 16.9 Å². The highest BCUT2D eigenvalue weighted by Crippen LogP contribution is 2.37. The lowest BCUT2D eigenvalue weighted by molar-refractivity contribution is 0.121. The van der Waals surface area contributed by atoms with Gasteiger partial charge >= 0.3 is 6.03 Å². The van der Waals surface area contributed by atoms with Gasteiger partial charge in [-0.05, 0) is 43.0 Å². The lowest BCUT2D eigenvalue weighted by Crippen LogP contribution is -2.48. The van der Waals surface area contributed by atoms with Crippen molar-refractivity contribution in [3.05, 3.63) is 35.8 Å². The molecule has 1 aromatic carbocycles. The van der Waals surface area contributed by atoms with Crippen LogP contribution in [0.2, 0.25) is 0 Å². The van der Waals surface area contributed by atoms with Gasteiger partial charge in [-0.2, -0.15) is 0 Å². The predicted octanol–water partition coefficient (Wildman–Crippen LogP) is 2.70. The fraction of sp³-hybridized carbons (Fsp3) is 0.500. The molecule has 24 heavy (non-hydrogen) atoms. The zero-order chi connectivity index (χ0) is 17.2. The predicted molar refractivity (Wildman–Crippen MR) is 91.3 cm³/mol. The number of aromatic amines is 1. The second kappa shape index (κ2) is 6.81. The number of hydrogen-bond acceptors (Lipinski definition) is 2. The van der Waals surface area contributed by atoms with Gasteiger partial charge in [0.2, 0.25) is 0 Å². The van der Waals surface area contributed by atoms with E-state index in [-0.39, 0.29) is 29.9 Å². The Hall–Kier alpha value is -2.08. The Bertz CT molecular complexity index is 730. The fourth-order valence-electron chi connectivity index (χ4n) is 3.55. The van der Waals surface area contributed by atoms with Gasteiger partial charge < -0.3 is 20.7 Å². The number of H-pyrrole nitrogens is 1. The van der Waals surface area contributed by atoms with Crippen LogP contribution in [0.15, 0.2) is 24.4 Å². The van der Waals surface area contributed by atoms with E-state index in [0.717, 1.165) is 35.7 Å². The Balaban J connectivity index is 1.52. The summed E-state index contributed by atoms with van der Waals surface area (Å²) in [5, 5.41) is 16.2. The van der Waals surface area contributed by atoms with Gasteiger partial charge in [0.25, 0.3) is 0 Å². The van der Waals surface area contributed by atoms with Crippen LogP contribution in [0.5, 0.6) is 0 Å². The van der Waals surface area contributed by atoms with Crippen molar-refractivity contribution < 1.29 is 14.3 Å². The molecule has 0 bridgehead atoms. The van der Waals surface area contributed by atoms with Gasteiger partial charge in [-0.3, -0.25) is 0 Å². The smallest absolute Gasteiger partial charge is 0.315 e. The van der Waals surface area contributed by atoms with Crippen LogP contribution in [-0.4, -0.2) is 35.3 Å². The molecule has 2 unspecified atom stereocenters. The van der Waals surface area contributed by atoms with E-state index in [9.17, 15) is 14.3 Å². The molecule has 1 aliphatic rings. The number of carbonyl (C=O) groups is 1. The number of aliphatic hydroxyl groups excluding tert-OH is 1. The van der Waals surface area contributed by atoms with Crippen LogP contribution in [-0.2, 0) is 6.42 Å². The first-order chi connectivity index (χ1) is 11.5. The maximum atomic E-state index is 13.4. The maximum Gasteiger partial charge on any atom is 0.315 e. The number of fused-ring (bicyclic) bond motifs is 1. The summed E-state index contributed by atoms with van der Waals surface area (Å²) in [5.74, 6) is -0.265. The summed E-state index contributed by atoms with van der Waals surface area (Å²) in [5.41, 5.74) is 1.64. The van der Waals surface area contributed by atoms with Crippen molar-refractivity contribution in [1.82, 2.24) is 15.6 Å². The van der Waals surface area contributed by atoms with E-state index in [1.807, 2.05) is 13.1 Å². The molecule has 1 heterocycles. The summed E-state index contributed by atoms with van der Waals surface area (Å²) in [6.45, 7) is 2.56. The Morgan fingerprint density at radius 2 is 2.33 bits per heavy atom. The third kappa shape index (κ3) is 3.38. The molecule has 3 rings (SSSR count). The lowest BCUT2D eigenvalue weighted by Gasteiger charge is -2.30. The summed E-state index contributed by atoms with van der Waals surface area (Å²) < 4.78 is 13.4. The first-order valence-corrected chi connectivity index (χ1v) is 8.42. The van der Waals surface area contributed by atoms with Crippen molar-refractivity contribution in [3.8, 4) is 0 Å². The SMILES string of the molecule is CC1(CO)CCCC1NC(=O)NCCc1c[nH]c2ccc(F)cc12. The summed E-state index contributed by atoms with van der Waals surface area (Å²) in [7, 11) is 0. The molecular formula is C18H24FN3O2. The Kier molecular flexibility index (Phi) is 4.76. The van der Waals surface area contributed by atoms with E-state index < -0.39 is 0 Å². The summed E-state index contributed by atoms with van der Waals surface area (Å²) in [6, 6.07) is 4.43. The van der Waals surface area contributed by atoms with Gasteiger partial charge in [0.1, 0.15) is 5.82 Å². The van der Waals surface area contributed by atoms with Crippen LogP contribution >= 0.6 is 0 Å². The summed E-state index contributed by atoms with van der Waals surface area (Å²) in [6.07, 6.45) is 5.31. The zero-order valence-corrected chi connectivity index (χ0v) is 13.9. The number of benzene rings is 1. The van der Waals surface area contributed by atoms with E-state index in [1.165, 1.54) is 12.1 Å². The number of amides is 2. The maximum absolute atomic E-state index is 13.4. The molecule has 0 aliphatic heterocycles. The summed E-state index contributed by atoms with van der Waals surface area (Å²) in [4.78, 5) is 15.2. The third-order valence-electron chi connectivity index (χ3n) is 5.16. The van der Waals surface area contributed by atoms with E-state index in [1.54, 1.807) is 6.07 Å². The van der Waals surface area contributed by atoms with Gasteiger partial charge in [-0.25, -0.2) is 9.18 Å². The normalized spacial score (nSPS) is 23.5. The Labute approximate surface area is 140 Å². The molecule has 1 aromatic heterocycles. The molecule has 6 heteroatoms. The minimum absolute atomic E-state index is 0.00434.